The van der Waals surface area contributed by atoms with E-state index in [1.54, 1.807) is 13.8 Å². The van der Waals surface area contributed by atoms with Gasteiger partial charge in [0.05, 0.1) is 19.8 Å². The molecule has 0 bridgehead atoms. The minimum Gasteiger partial charge on any atom is -0.342 e. The summed E-state index contributed by atoms with van der Waals surface area (Å²) in [5.41, 5.74) is 0. The van der Waals surface area contributed by atoms with Crippen LogP contribution in [-0.4, -0.2) is 62.1 Å². The molecule has 0 aromatic rings. The summed E-state index contributed by atoms with van der Waals surface area (Å²) < 4.78 is 58.1. The third-order valence-electron chi connectivity index (χ3n) is 4.22. The number of ether oxygens (including phenoxy) is 5. The van der Waals surface area contributed by atoms with E-state index in [1.165, 1.54) is 0 Å². The second kappa shape index (κ2) is 7.39. The van der Waals surface area contributed by atoms with Crippen LogP contribution in [0.1, 0.15) is 41.5 Å². The first kappa shape index (κ1) is 20.6. The Labute approximate surface area is 154 Å². The molecule has 3 aliphatic heterocycles. The highest BCUT2D eigenvalue weighted by molar-refractivity contribution is 7.48. The van der Waals surface area contributed by atoms with Gasteiger partial charge in [-0.2, -0.15) is 0 Å². The average Bonchev–Trinajstić information content (AvgIpc) is 2.99. The summed E-state index contributed by atoms with van der Waals surface area (Å²) in [7, 11) is -3.66. The predicted molar refractivity (Wildman–Crippen MR) is 89.3 cm³/mol. The highest BCUT2D eigenvalue weighted by Crippen LogP contribution is 2.51. The van der Waals surface area contributed by atoms with Crippen LogP contribution in [0.4, 0.5) is 0 Å². The maximum absolute atomic E-state index is 12.6. The normalized spacial score (nSPS) is 38.2. The van der Waals surface area contributed by atoms with Gasteiger partial charge in [-0.3, -0.25) is 13.6 Å². The van der Waals surface area contributed by atoms with E-state index in [0.717, 1.165) is 0 Å². The summed E-state index contributed by atoms with van der Waals surface area (Å²) in [6.45, 7) is 11.1. The van der Waals surface area contributed by atoms with Gasteiger partial charge in [0.1, 0.15) is 24.4 Å². The molecule has 5 atom stereocenters. The van der Waals surface area contributed by atoms with E-state index in [9.17, 15) is 4.57 Å². The van der Waals surface area contributed by atoms with Gasteiger partial charge in [0.2, 0.25) is 0 Å². The molecule has 3 fully saturated rings. The van der Waals surface area contributed by atoms with Crippen molar-refractivity contribution in [2.75, 3.05) is 19.8 Å². The van der Waals surface area contributed by atoms with E-state index in [-0.39, 0.29) is 19.8 Å². The van der Waals surface area contributed by atoms with Gasteiger partial charge in [0, 0.05) is 0 Å². The molecule has 3 heterocycles. The summed E-state index contributed by atoms with van der Waals surface area (Å²) in [6.07, 6.45) is -2.47. The third-order valence-corrected chi connectivity index (χ3v) is 5.84. The molecular formula is C16H29O9P. The number of fused-ring (bicyclic) bond motifs is 3. The van der Waals surface area contributed by atoms with Gasteiger partial charge in [-0.15, -0.1) is 0 Å². The molecule has 0 radical (unpaired) electrons. The molecule has 0 saturated carbocycles. The number of phosphoric acid groups is 1. The molecular weight excluding hydrogens is 367 g/mol. The molecule has 0 amide bonds. The van der Waals surface area contributed by atoms with Gasteiger partial charge in [-0.1, -0.05) is 0 Å². The summed E-state index contributed by atoms with van der Waals surface area (Å²) >= 11 is 0. The number of hydrogen-bond acceptors (Lipinski definition) is 9. The summed E-state index contributed by atoms with van der Waals surface area (Å²) in [5, 5.41) is 0. The van der Waals surface area contributed by atoms with Crippen molar-refractivity contribution in [1.82, 2.24) is 0 Å². The first-order chi connectivity index (χ1) is 12.1. The van der Waals surface area contributed by atoms with Gasteiger partial charge < -0.3 is 23.7 Å². The maximum Gasteiger partial charge on any atom is 0.474 e. The lowest BCUT2D eigenvalue weighted by molar-refractivity contribution is -0.239. The van der Waals surface area contributed by atoms with Crippen LogP contribution in [0.15, 0.2) is 0 Å². The van der Waals surface area contributed by atoms with Crippen LogP contribution in [0.5, 0.6) is 0 Å². The topological polar surface area (TPSA) is 90.9 Å². The molecule has 9 nitrogen and oxygen atoms in total. The zero-order valence-corrected chi connectivity index (χ0v) is 17.0. The number of rotatable bonds is 7. The Kier molecular flexibility index (Phi) is 5.86. The van der Waals surface area contributed by atoms with E-state index in [4.69, 9.17) is 37.3 Å². The van der Waals surface area contributed by atoms with E-state index >= 15 is 0 Å². The molecule has 152 valence electrons. The summed E-state index contributed by atoms with van der Waals surface area (Å²) in [5.74, 6) is -1.59. The van der Waals surface area contributed by atoms with Crippen molar-refractivity contribution in [2.45, 2.75) is 83.8 Å². The Morgan fingerprint density at radius 2 is 1.35 bits per heavy atom. The summed E-state index contributed by atoms with van der Waals surface area (Å²) in [4.78, 5) is 0. The van der Waals surface area contributed by atoms with Crippen LogP contribution in [0.3, 0.4) is 0 Å². The minimum atomic E-state index is -3.66. The molecule has 3 rings (SSSR count). The molecule has 0 aromatic carbocycles. The zero-order chi connectivity index (χ0) is 19.2. The molecule has 3 saturated heterocycles. The Hall–Kier alpha value is -0.0900. The molecule has 5 unspecified atom stereocenters. The van der Waals surface area contributed by atoms with Crippen molar-refractivity contribution in [2.24, 2.45) is 0 Å². The largest absolute Gasteiger partial charge is 0.474 e. The van der Waals surface area contributed by atoms with Crippen LogP contribution >= 0.6 is 7.82 Å². The highest BCUT2D eigenvalue weighted by atomic mass is 31.2. The zero-order valence-electron chi connectivity index (χ0n) is 16.1. The smallest absolute Gasteiger partial charge is 0.342 e. The Balaban J connectivity index is 1.74. The Morgan fingerprint density at radius 3 is 1.96 bits per heavy atom. The van der Waals surface area contributed by atoms with Gasteiger partial charge in [0.25, 0.3) is 0 Å². The van der Waals surface area contributed by atoms with Crippen LogP contribution in [0.25, 0.3) is 0 Å². The third kappa shape index (κ3) is 4.32. The van der Waals surface area contributed by atoms with Crippen molar-refractivity contribution in [3.8, 4) is 0 Å². The Bertz CT molecular complexity index is 542. The minimum absolute atomic E-state index is 0.0507. The SMILES string of the molecule is CCOP(=O)(OCC)OCC1OC2OC(C)(C)OC2C2OC(C)(C)OC12. The van der Waals surface area contributed by atoms with Gasteiger partial charge >= 0.3 is 7.82 Å². The summed E-state index contributed by atoms with van der Waals surface area (Å²) in [6, 6.07) is 0. The van der Waals surface area contributed by atoms with Gasteiger partial charge in [0.15, 0.2) is 17.9 Å². The fourth-order valence-electron chi connectivity index (χ4n) is 3.42. The lowest BCUT2D eigenvalue weighted by Gasteiger charge is -2.37. The average molecular weight is 396 g/mol. The van der Waals surface area contributed by atoms with E-state index in [1.807, 2.05) is 27.7 Å². The van der Waals surface area contributed by atoms with Crippen LogP contribution in [0, 0.1) is 0 Å². The van der Waals surface area contributed by atoms with Crippen molar-refractivity contribution < 1.29 is 41.8 Å². The molecule has 3 aliphatic rings. The van der Waals surface area contributed by atoms with Gasteiger partial charge in [-0.05, 0) is 41.5 Å². The second-order valence-electron chi connectivity index (χ2n) is 7.29. The number of phosphoric ester groups is 1. The first-order valence-corrected chi connectivity index (χ1v) is 10.4. The maximum atomic E-state index is 12.6. The number of hydrogen-bond donors (Lipinski definition) is 0. The van der Waals surface area contributed by atoms with Crippen molar-refractivity contribution in [3.05, 3.63) is 0 Å². The van der Waals surface area contributed by atoms with Crippen molar-refractivity contribution in [3.63, 3.8) is 0 Å². The molecule has 0 spiro atoms. The second-order valence-corrected chi connectivity index (χ2v) is 8.96. The quantitative estimate of drug-likeness (QED) is 0.602. The Morgan fingerprint density at radius 1 is 0.808 bits per heavy atom. The molecule has 0 aliphatic carbocycles. The van der Waals surface area contributed by atoms with Gasteiger partial charge in [-0.25, -0.2) is 4.57 Å². The standard InChI is InChI=1S/C16H29O9P/c1-7-18-26(17,19-8-2)20-9-10-11-12(23-15(3,4)22-11)13-14(21-10)25-16(5,6)24-13/h10-14H,7-9H2,1-6H3. The molecule has 10 heteroatoms. The molecule has 0 N–H and O–H groups in total. The lowest BCUT2D eigenvalue weighted by Crippen LogP contribution is -2.56. The first-order valence-electron chi connectivity index (χ1n) is 8.98. The fourth-order valence-corrected chi connectivity index (χ4v) is 4.61. The van der Waals surface area contributed by atoms with Crippen molar-refractivity contribution in [1.29, 1.82) is 0 Å². The van der Waals surface area contributed by atoms with E-state index in [2.05, 4.69) is 0 Å². The van der Waals surface area contributed by atoms with Crippen LogP contribution < -0.4 is 0 Å². The highest BCUT2D eigenvalue weighted by Gasteiger charge is 2.60. The van der Waals surface area contributed by atoms with Crippen LogP contribution in [0.2, 0.25) is 0 Å². The lowest BCUT2D eigenvalue weighted by atomic mass is 9.99. The van der Waals surface area contributed by atoms with E-state index < -0.39 is 50.1 Å². The van der Waals surface area contributed by atoms with Crippen LogP contribution in [-0.2, 0) is 41.8 Å². The fraction of sp³-hybridized carbons (Fsp3) is 1.00. The predicted octanol–water partition coefficient (Wildman–Crippen LogP) is 2.58. The van der Waals surface area contributed by atoms with E-state index in [0.29, 0.717) is 0 Å². The monoisotopic (exact) mass is 396 g/mol. The molecule has 26 heavy (non-hydrogen) atoms. The molecule has 0 aromatic heterocycles. The van der Waals surface area contributed by atoms with Crippen molar-refractivity contribution >= 4 is 7.82 Å².